The Morgan fingerprint density at radius 2 is 1.70 bits per heavy atom. The molecule has 2 saturated carbocycles. The highest BCUT2D eigenvalue weighted by atomic mass is 16.7. The lowest BCUT2D eigenvalue weighted by Crippen LogP contribution is -2.44. The van der Waals surface area contributed by atoms with E-state index < -0.39 is 0 Å². The lowest BCUT2D eigenvalue weighted by Gasteiger charge is -2.39. The van der Waals surface area contributed by atoms with E-state index in [0.717, 1.165) is 43.9 Å². The van der Waals surface area contributed by atoms with Crippen LogP contribution in [0.5, 0.6) is 0 Å². The predicted octanol–water partition coefficient (Wildman–Crippen LogP) is 1.73. The van der Waals surface area contributed by atoms with Crippen molar-refractivity contribution in [2.45, 2.75) is 62.8 Å². The van der Waals surface area contributed by atoms with E-state index in [-0.39, 0.29) is 5.79 Å². The summed E-state index contributed by atoms with van der Waals surface area (Å²) in [6, 6.07) is 1.20. The summed E-state index contributed by atoms with van der Waals surface area (Å²) in [4.78, 5) is 2.74. The van der Waals surface area contributed by atoms with E-state index in [1.807, 2.05) is 0 Å². The molecule has 2 aliphatic carbocycles. The van der Waals surface area contributed by atoms with Gasteiger partial charge in [-0.25, -0.2) is 0 Å². The molecule has 4 heteroatoms. The van der Waals surface area contributed by atoms with Crippen molar-refractivity contribution >= 4 is 0 Å². The molecule has 3 atom stereocenters. The minimum Gasteiger partial charge on any atom is -0.348 e. The van der Waals surface area contributed by atoms with E-state index >= 15 is 0 Å². The molecule has 20 heavy (non-hydrogen) atoms. The van der Waals surface area contributed by atoms with Crippen molar-refractivity contribution in [1.82, 2.24) is 4.90 Å². The molecule has 0 bridgehead atoms. The van der Waals surface area contributed by atoms with Crippen LogP contribution < -0.4 is 5.73 Å². The first-order valence-corrected chi connectivity index (χ1v) is 8.53. The number of likely N-dealkylation sites (tertiary alicyclic amines) is 1. The molecule has 3 unspecified atom stereocenters. The molecular weight excluding hydrogens is 252 g/mol. The number of nitrogens with two attached hydrogens (primary N) is 1. The largest absolute Gasteiger partial charge is 0.348 e. The summed E-state index contributed by atoms with van der Waals surface area (Å²) < 4.78 is 11.7. The highest BCUT2D eigenvalue weighted by molar-refractivity contribution is 4.97. The van der Waals surface area contributed by atoms with E-state index in [4.69, 9.17) is 15.2 Å². The van der Waals surface area contributed by atoms with Gasteiger partial charge in [-0.2, -0.15) is 0 Å². The van der Waals surface area contributed by atoms with Gasteiger partial charge >= 0.3 is 0 Å². The van der Waals surface area contributed by atoms with E-state index in [2.05, 4.69) is 4.90 Å². The van der Waals surface area contributed by atoms with Gasteiger partial charge < -0.3 is 15.2 Å². The Hall–Kier alpha value is -0.160. The van der Waals surface area contributed by atoms with E-state index in [9.17, 15) is 0 Å². The quantitative estimate of drug-likeness (QED) is 0.794. The van der Waals surface area contributed by atoms with Crippen LogP contribution in [0.15, 0.2) is 0 Å². The van der Waals surface area contributed by atoms with E-state index in [1.54, 1.807) is 0 Å². The maximum atomic E-state index is 6.34. The van der Waals surface area contributed by atoms with Crippen molar-refractivity contribution in [2.75, 3.05) is 26.3 Å². The van der Waals surface area contributed by atoms with Gasteiger partial charge in [0.2, 0.25) is 0 Å². The fraction of sp³-hybridized carbons (Fsp3) is 1.00. The molecule has 2 heterocycles. The van der Waals surface area contributed by atoms with Gasteiger partial charge in [0.1, 0.15) is 0 Å². The second-order valence-electron chi connectivity index (χ2n) is 7.31. The molecule has 0 aromatic rings. The van der Waals surface area contributed by atoms with Crippen LogP contribution in [0.4, 0.5) is 0 Å². The van der Waals surface area contributed by atoms with Crippen LogP contribution in [0.25, 0.3) is 0 Å². The molecule has 2 saturated heterocycles. The van der Waals surface area contributed by atoms with Crippen molar-refractivity contribution in [3.63, 3.8) is 0 Å². The molecule has 0 aromatic heterocycles. The average Bonchev–Trinajstić information content (AvgIpc) is 3.08. The zero-order chi connectivity index (χ0) is 13.6. The van der Waals surface area contributed by atoms with Crippen LogP contribution in [0.1, 0.15) is 44.9 Å². The van der Waals surface area contributed by atoms with Crippen LogP contribution in [0.2, 0.25) is 0 Å². The number of nitrogens with zero attached hydrogens (tertiary/aromatic N) is 1. The standard InChI is InChI=1S/C16H28N2O2/c17-15-3-1-2-12-10-18(11-14(12)15)13-4-6-16(7-5-13)19-8-9-20-16/h12-15H,1-11,17H2. The van der Waals surface area contributed by atoms with Gasteiger partial charge in [0.05, 0.1) is 13.2 Å². The molecule has 4 fully saturated rings. The molecule has 0 aromatic carbocycles. The monoisotopic (exact) mass is 280 g/mol. The highest BCUT2D eigenvalue weighted by Crippen LogP contribution is 2.41. The SMILES string of the molecule is NC1CCCC2CN(C3CCC4(CC3)OCCO4)CC12. The third-order valence-electron chi connectivity index (χ3n) is 6.23. The summed E-state index contributed by atoms with van der Waals surface area (Å²) in [5.41, 5.74) is 6.34. The average molecular weight is 280 g/mol. The summed E-state index contributed by atoms with van der Waals surface area (Å²) in [6.45, 7) is 4.10. The Bertz CT molecular complexity index is 346. The number of hydrogen-bond donors (Lipinski definition) is 1. The van der Waals surface area contributed by atoms with Gasteiger partial charge in [-0.15, -0.1) is 0 Å². The first-order chi connectivity index (χ1) is 9.76. The maximum Gasteiger partial charge on any atom is 0.168 e. The third-order valence-corrected chi connectivity index (χ3v) is 6.23. The Morgan fingerprint density at radius 1 is 0.950 bits per heavy atom. The molecule has 0 radical (unpaired) electrons. The Morgan fingerprint density at radius 3 is 2.40 bits per heavy atom. The zero-order valence-electron chi connectivity index (χ0n) is 12.4. The molecule has 0 amide bonds. The second kappa shape index (κ2) is 5.24. The van der Waals surface area contributed by atoms with Gasteiger partial charge in [0, 0.05) is 38.0 Å². The topological polar surface area (TPSA) is 47.7 Å². The van der Waals surface area contributed by atoms with Gasteiger partial charge in [0.15, 0.2) is 5.79 Å². The summed E-state index contributed by atoms with van der Waals surface area (Å²) in [5.74, 6) is 1.42. The molecule has 4 aliphatic rings. The highest BCUT2D eigenvalue weighted by Gasteiger charge is 2.45. The summed E-state index contributed by atoms with van der Waals surface area (Å²) in [5, 5.41) is 0. The Balaban J connectivity index is 1.36. The fourth-order valence-electron chi connectivity index (χ4n) is 5.04. The first-order valence-electron chi connectivity index (χ1n) is 8.53. The smallest absolute Gasteiger partial charge is 0.168 e. The van der Waals surface area contributed by atoms with Crippen molar-refractivity contribution in [3.05, 3.63) is 0 Å². The van der Waals surface area contributed by atoms with Gasteiger partial charge in [-0.05, 0) is 37.5 Å². The Labute approximate surface area is 122 Å². The predicted molar refractivity (Wildman–Crippen MR) is 77.3 cm³/mol. The zero-order valence-corrected chi connectivity index (χ0v) is 12.4. The summed E-state index contributed by atoms with van der Waals surface area (Å²) >= 11 is 0. The molecule has 1 spiro atoms. The summed E-state index contributed by atoms with van der Waals surface area (Å²) in [7, 11) is 0. The third kappa shape index (κ3) is 2.31. The molecular formula is C16H28N2O2. The fourth-order valence-corrected chi connectivity index (χ4v) is 5.04. The van der Waals surface area contributed by atoms with Crippen molar-refractivity contribution in [3.8, 4) is 0 Å². The van der Waals surface area contributed by atoms with Crippen molar-refractivity contribution in [2.24, 2.45) is 17.6 Å². The van der Waals surface area contributed by atoms with E-state index in [1.165, 1.54) is 45.2 Å². The van der Waals surface area contributed by atoms with Crippen molar-refractivity contribution in [1.29, 1.82) is 0 Å². The Kier molecular flexibility index (Phi) is 3.53. The van der Waals surface area contributed by atoms with Gasteiger partial charge in [0.25, 0.3) is 0 Å². The number of fused-ring (bicyclic) bond motifs is 1. The number of rotatable bonds is 1. The van der Waals surface area contributed by atoms with Crippen LogP contribution >= 0.6 is 0 Å². The van der Waals surface area contributed by atoms with Gasteiger partial charge in [-0.3, -0.25) is 4.90 Å². The minimum atomic E-state index is -0.209. The first kappa shape index (κ1) is 13.5. The minimum absolute atomic E-state index is 0.209. The van der Waals surface area contributed by atoms with Crippen LogP contribution in [-0.2, 0) is 9.47 Å². The lowest BCUT2D eigenvalue weighted by molar-refractivity contribution is -0.183. The lowest BCUT2D eigenvalue weighted by atomic mass is 9.78. The van der Waals surface area contributed by atoms with Crippen LogP contribution in [-0.4, -0.2) is 49.1 Å². The van der Waals surface area contributed by atoms with Crippen molar-refractivity contribution < 1.29 is 9.47 Å². The van der Waals surface area contributed by atoms with Crippen LogP contribution in [0, 0.1) is 11.8 Å². The molecule has 114 valence electrons. The molecule has 2 N–H and O–H groups in total. The molecule has 4 nitrogen and oxygen atoms in total. The second-order valence-corrected chi connectivity index (χ2v) is 7.31. The van der Waals surface area contributed by atoms with E-state index in [0.29, 0.717) is 6.04 Å². The number of ether oxygens (including phenoxy) is 2. The normalized spacial score (nSPS) is 42.1. The molecule has 4 rings (SSSR count). The summed E-state index contributed by atoms with van der Waals surface area (Å²) in [6.07, 6.45) is 8.60. The van der Waals surface area contributed by atoms with Gasteiger partial charge in [-0.1, -0.05) is 6.42 Å². The maximum absolute atomic E-state index is 6.34. The number of hydrogen-bond acceptors (Lipinski definition) is 4. The molecule has 2 aliphatic heterocycles. The van der Waals surface area contributed by atoms with Crippen LogP contribution in [0.3, 0.4) is 0 Å².